The summed E-state index contributed by atoms with van der Waals surface area (Å²) in [4.78, 5) is 4.26. The first-order chi connectivity index (χ1) is 8.97. The highest BCUT2D eigenvalue weighted by atomic mass is 16.5. The van der Waals surface area contributed by atoms with Crippen LogP contribution in [0.5, 0.6) is 0 Å². The number of aryl methyl sites for hydroxylation is 1. The fraction of sp³-hybridized carbons (Fsp3) is 0.562. The van der Waals surface area contributed by atoms with Gasteiger partial charge in [-0.05, 0) is 35.1 Å². The number of hydrogen-bond acceptors (Lipinski definition) is 3. The van der Waals surface area contributed by atoms with Crippen LogP contribution in [0.3, 0.4) is 0 Å². The largest absolute Gasteiger partial charge is 0.384 e. The second-order valence-electron chi connectivity index (χ2n) is 6.71. The van der Waals surface area contributed by atoms with E-state index in [1.807, 2.05) is 12.4 Å². The van der Waals surface area contributed by atoms with E-state index in [1.165, 1.54) is 21.6 Å². The first-order valence-electron chi connectivity index (χ1n) is 6.98. The predicted molar refractivity (Wildman–Crippen MR) is 76.8 cm³/mol. The van der Waals surface area contributed by atoms with Gasteiger partial charge in [0, 0.05) is 23.8 Å². The van der Waals surface area contributed by atoms with Gasteiger partial charge in [-0.15, -0.1) is 0 Å². The molecule has 2 aliphatic rings. The van der Waals surface area contributed by atoms with Crippen molar-refractivity contribution in [3.63, 3.8) is 0 Å². The maximum absolute atomic E-state index is 6.11. The van der Waals surface area contributed by atoms with Crippen molar-refractivity contribution in [2.45, 2.75) is 46.3 Å². The zero-order valence-corrected chi connectivity index (χ0v) is 12.2. The average molecular weight is 258 g/mol. The molecule has 0 bridgehead atoms. The molecule has 0 spiro atoms. The molecule has 0 aromatic carbocycles. The Balaban J connectivity index is 2.04. The van der Waals surface area contributed by atoms with Gasteiger partial charge in [0.2, 0.25) is 0 Å². The lowest BCUT2D eigenvalue weighted by atomic mass is 9.81. The minimum absolute atomic E-state index is 0.195. The van der Waals surface area contributed by atoms with Gasteiger partial charge in [-0.1, -0.05) is 20.8 Å². The summed E-state index contributed by atoms with van der Waals surface area (Å²) in [7, 11) is 0. The summed E-state index contributed by atoms with van der Waals surface area (Å²) < 4.78 is 6.11. The van der Waals surface area contributed by atoms with Crippen LogP contribution in [0.25, 0.3) is 11.8 Å². The molecule has 1 N–H and O–H groups in total. The molecule has 1 saturated heterocycles. The number of nitrogens with one attached hydrogen (secondary N) is 1. The molecule has 3 rings (SSSR count). The van der Waals surface area contributed by atoms with Gasteiger partial charge in [-0.2, -0.15) is 0 Å². The monoisotopic (exact) mass is 258 g/mol. The Hall–Kier alpha value is -1.35. The van der Waals surface area contributed by atoms with Crippen LogP contribution in [0.4, 0.5) is 0 Å². The lowest BCUT2D eigenvalue weighted by Crippen LogP contribution is -2.51. The highest BCUT2D eigenvalue weighted by Gasteiger charge is 2.34. The van der Waals surface area contributed by atoms with Crippen molar-refractivity contribution >= 4 is 11.8 Å². The van der Waals surface area contributed by atoms with E-state index in [4.69, 9.17) is 4.74 Å². The Morgan fingerprint density at radius 3 is 2.84 bits per heavy atom. The van der Waals surface area contributed by atoms with Crippen LogP contribution in [0.2, 0.25) is 0 Å². The summed E-state index contributed by atoms with van der Waals surface area (Å²) in [5, 5.41) is 6.05. The van der Waals surface area contributed by atoms with Gasteiger partial charge in [0.15, 0.2) is 0 Å². The highest BCUT2D eigenvalue weighted by molar-refractivity contribution is 5.58. The molecule has 1 aromatic rings. The molecule has 1 fully saturated rings. The number of pyridine rings is 1. The summed E-state index contributed by atoms with van der Waals surface area (Å²) in [5.74, 6) is 0. The molecule has 0 amide bonds. The van der Waals surface area contributed by atoms with Gasteiger partial charge in [0.1, 0.15) is 0 Å². The zero-order valence-electron chi connectivity index (χ0n) is 12.2. The molecule has 2 atom stereocenters. The maximum atomic E-state index is 6.11. The molecular formula is C16H22N2O. The molecule has 0 aliphatic carbocycles. The standard InChI is InChI=1S/C16H22N2O/c1-10-6-17-7-11-8-18-13-5-14(16(2,3)4)19-9-12(13)15(10)11/h6-8,13-14,18H,5,9H2,1-4H3. The Morgan fingerprint density at radius 1 is 1.32 bits per heavy atom. The van der Waals surface area contributed by atoms with E-state index >= 15 is 0 Å². The first kappa shape index (κ1) is 12.7. The van der Waals surface area contributed by atoms with E-state index in [9.17, 15) is 0 Å². The van der Waals surface area contributed by atoms with Crippen LogP contribution in [0.1, 0.15) is 32.8 Å². The lowest BCUT2D eigenvalue weighted by Gasteiger charge is -2.40. The number of rotatable bonds is 0. The Kier molecular flexibility index (Phi) is 2.90. The third-order valence-electron chi connectivity index (χ3n) is 4.20. The second kappa shape index (κ2) is 4.34. The number of nitrogens with zero attached hydrogens (tertiary/aromatic N) is 1. The first-order valence-corrected chi connectivity index (χ1v) is 6.98. The summed E-state index contributed by atoms with van der Waals surface area (Å²) >= 11 is 0. The molecule has 3 heteroatoms. The fourth-order valence-electron chi connectivity index (χ4n) is 3.06. The van der Waals surface area contributed by atoms with Crippen molar-refractivity contribution < 1.29 is 4.74 Å². The van der Waals surface area contributed by atoms with Crippen molar-refractivity contribution in [2.24, 2.45) is 5.41 Å². The van der Waals surface area contributed by atoms with Crippen LogP contribution in [0.15, 0.2) is 12.4 Å². The fourth-order valence-corrected chi connectivity index (χ4v) is 3.06. The van der Waals surface area contributed by atoms with E-state index < -0.39 is 0 Å². The van der Waals surface area contributed by atoms with Crippen LogP contribution in [0, 0.1) is 12.3 Å². The summed E-state index contributed by atoms with van der Waals surface area (Å²) in [6, 6.07) is 0.409. The molecule has 0 radical (unpaired) electrons. The molecule has 1 aromatic heterocycles. The van der Waals surface area contributed by atoms with Gasteiger partial charge < -0.3 is 10.1 Å². The number of fused-ring (bicyclic) bond motifs is 2. The van der Waals surface area contributed by atoms with E-state index in [0.717, 1.165) is 13.0 Å². The van der Waals surface area contributed by atoms with E-state index in [-0.39, 0.29) is 5.41 Å². The number of hydrogen-bond donors (Lipinski definition) is 1. The van der Waals surface area contributed by atoms with Gasteiger partial charge in [0.05, 0.1) is 18.8 Å². The highest BCUT2D eigenvalue weighted by Crippen LogP contribution is 2.32. The molecular weight excluding hydrogens is 236 g/mol. The summed E-state index contributed by atoms with van der Waals surface area (Å²) in [5.41, 5.74) is 2.83. The van der Waals surface area contributed by atoms with Crippen molar-refractivity contribution in [3.8, 4) is 0 Å². The number of ether oxygens (including phenoxy) is 1. The Bertz CT molecular complexity index is 613. The normalized spacial score (nSPS) is 26.0. The van der Waals surface area contributed by atoms with Crippen molar-refractivity contribution in [1.82, 2.24) is 10.3 Å². The summed E-state index contributed by atoms with van der Waals surface area (Å²) in [6.07, 6.45) is 7.32. The average Bonchev–Trinajstić information content (AvgIpc) is 2.37. The minimum atomic E-state index is 0.195. The SMILES string of the molecule is Cc1cncc2c1=C1COC(C(C)(C)C)CC1NC=2. The molecule has 19 heavy (non-hydrogen) atoms. The molecule has 2 unspecified atom stereocenters. The van der Waals surface area contributed by atoms with Crippen molar-refractivity contribution in [1.29, 1.82) is 0 Å². The molecule has 0 saturated carbocycles. The molecule has 3 nitrogen and oxygen atoms in total. The van der Waals surface area contributed by atoms with E-state index in [0.29, 0.717) is 12.1 Å². The van der Waals surface area contributed by atoms with E-state index in [1.54, 1.807) is 0 Å². The van der Waals surface area contributed by atoms with Crippen molar-refractivity contribution in [3.05, 3.63) is 28.4 Å². The third-order valence-corrected chi connectivity index (χ3v) is 4.20. The van der Waals surface area contributed by atoms with Gasteiger partial charge >= 0.3 is 0 Å². The smallest absolute Gasteiger partial charge is 0.0709 e. The van der Waals surface area contributed by atoms with Crippen LogP contribution < -0.4 is 15.8 Å². The molecule has 102 valence electrons. The molecule has 3 heterocycles. The van der Waals surface area contributed by atoms with Crippen molar-refractivity contribution in [2.75, 3.05) is 6.61 Å². The third kappa shape index (κ3) is 2.16. The number of aromatic nitrogens is 1. The topological polar surface area (TPSA) is 34.1 Å². The Morgan fingerprint density at radius 2 is 2.11 bits per heavy atom. The van der Waals surface area contributed by atoms with Crippen LogP contribution >= 0.6 is 0 Å². The quantitative estimate of drug-likeness (QED) is 0.756. The minimum Gasteiger partial charge on any atom is -0.384 e. The molecule has 2 aliphatic heterocycles. The Labute approximate surface area is 114 Å². The van der Waals surface area contributed by atoms with Gasteiger partial charge in [-0.25, -0.2) is 0 Å². The second-order valence-corrected chi connectivity index (χ2v) is 6.71. The van der Waals surface area contributed by atoms with E-state index in [2.05, 4.69) is 44.2 Å². The lowest BCUT2D eigenvalue weighted by molar-refractivity contribution is -0.0244. The van der Waals surface area contributed by atoms with Crippen LogP contribution in [-0.2, 0) is 4.74 Å². The summed E-state index contributed by atoms with van der Waals surface area (Å²) in [6.45, 7) is 9.60. The zero-order chi connectivity index (χ0) is 13.6. The van der Waals surface area contributed by atoms with Crippen LogP contribution in [-0.4, -0.2) is 23.7 Å². The van der Waals surface area contributed by atoms with Gasteiger partial charge in [-0.3, -0.25) is 4.98 Å². The van der Waals surface area contributed by atoms with Gasteiger partial charge in [0.25, 0.3) is 0 Å². The maximum Gasteiger partial charge on any atom is 0.0709 e. The predicted octanol–water partition coefficient (Wildman–Crippen LogP) is 1.09.